The lowest BCUT2D eigenvalue weighted by Gasteiger charge is -2.24. The van der Waals surface area contributed by atoms with Crippen molar-refractivity contribution in [2.24, 2.45) is 17.1 Å². The molecule has 100 valence electrons. The Morgan fingerprint density at radius 3 is 2.72 bits per heavy atom. The summed E-state index contributed by atoms with van der Waals surface area (Å²) in [5.74, 6) is 0.0209. The highest BCUT2D eigenvalue weighted by molar-refractivity contribution is 6.33. The zero-order chi connectivity index (χ0) is 13.8. The molecular formula is C13H20ClN3O. The maximum absolute atomic E-state index is 12.1. The Kier molecular flexibility index (Phi) is 5.11. The molecule has 1 atom stereocenters. The van der Waals surface area contributed by atoms with E-state index in [-0.39, 0.29) is 17.2 Å². The fraction of sp³-hybridized carbons (Fsp3) is 0.538. The highest BCUT2D eigenvalue weighted by Gasteiger charge is 2.24. The van der Waals surface area contributed by atoms with E-state index >= 15 is 0 Å². The molecule has 0 saturated heterocycles. The average Bonchev–Trinajstić information content (AvgIpc) is 2.27. The summed E-state index contributed by atoms with van der Waals surface area (Å²) in [7, 11) is 0. The number of hydrogen-bond donors (Lipinski definition) is 2. The molecule has 0 aliphatic rings. The minimum atomic E-state index is -0.233. The van der Waals surface area contributed by atoms with Gasteiger partial charge in [-0.2, -0.15) is 0 Å². The molecule has 1 amide bonds. The Labute approximate surface area is 113 Å². The molecule has 1 unspecified atom stereocenters. The van der Waals surface area contributed by atoms with E-state index in [2.05, 4.69) is 31.1 Å². The molecule has 5 heteroatoms. The standard InChI is InChI=1S/C13H20ClN3O/c1-13(2,3)7-9(8-15)12(18)17-11-10(14)5-4-6-16-11/h4-6,9H,7-8,15H2,1-3H3,(H,16,17,18). The van der Waals surface area contributed by atoms with Crippen molar-refractivity contribution in [3.63, 3.8) is 0 Å². The number of hydrogen-bond acceptors (Lipinski definition) is 3. The maximum Gasteiger partial charge on any atom is 0.229 e. The second kappa shape index (κ2) is 6.16. The van der Waals surface area contributed by atoms with E-state index in [0.717, 1.165) is 6.42 Å². The molecule has 1 rings (SSSR count). The topological polar surface area (TPSA) is 68.0 Å². The van der Waals surface area contributed by atoms with Crippen LogP contribution in [0.4, 0.5) is 5.82 Å². The first-order chi connectivity index (χ1) is 8.33. The van der Waals surface area contributed by atoms with Gasteiger partial charge in [-0.1, -0.05) is 32.4 Å². The van der Waals surface area contributed by atoms with Gasteiger partial charge in [0.05, 0.1) is 10.9 Å². The van der Waals surface area contributed by atoms with Crippen LogP contribution in [0.1, 0.15) is 27.2 Å². The largest absolute Gasteiger partial charge is 0.330 e. The van der Waals surface area contributed by atoms with E-state index in [4.69, 9.17) is 17.3 Å². The molecule has 0 spiro atoms. The minimum Gasteiger partial charge on any atom is -0.330 e. The van der Waals surface area contributed by atoms with Gasteiger partial charge in [0.1, 0.15) is 0 Å². The number of carbonyl (C=O) groups excluding carboxylic acids is 1. The predicted octanol–water partition coefficient (Wildman–Crippen LogP) is 2.68. The van der Waals surface area contributed by atoms with Crippen molar-refractivity contribution >= 4 is 23.3 Å². The van der Waals surface area contributed by atoms with Crippen LogP contribution in [0.2, 0.25) is 5.02 Å². The van der Waals surface area contributed by atoms with Crippen LogP contribution in [0.3, 0.4) is 0 Å². The van der Waals surface area contributed by atoms with Crippen molar-refractivity contribution in [1.82, 2.24) is 4.98 Å². The van der Waals surface area contributed by atoms with E-state index < -0.39 is 0 Å². The van der Waals surface area contributed by atoms with Crippen LogP contribution >= 0.6 is 11.6 Å². The third-order valence-corrected chi connectivity index (χ3v) is 2.82. The summed E-state index contributed by atoms with van der Waals surface area (Å²) in [4.78, 5) is 16.1. The Balaban J connectivity index is 2.72. The van der Waals surface area contributed by atoms with Crippen LogP contribution in [0.25, 0.3) is 0 Å². The number of amides is 1. The highest BCUT2D eigenvalue weighted by atomic mass is 35.5. The second-order valence-corrected chi connectivity index (χ2v) is 5.93. The lowest BCUT2D eigenvalue weighted by molar-refractivity contribution is -0.120. The molecule has 3 N–H and O–H groups in total. The fourth-order valence-electron chi connectivity index (χ4n) is 1.72. The number of nitrogens with one attached hydrogen (secondary N) is 1. The number of rotatable bonds is 4. The lowest BCUT2D eigenvalue weighted by Crippen LogP contribution is -2.32. The van der Waals surface area contributed by atoms with Crippen molar-refractivity contribution in [3.8, 4) is 0 Å². The Hall–Kier alpha value is -1.13. The number of aromatic nitrogens is 1. The van der Waals surface area contributed by atoms with Gasteiger partial charge in [-0.15, -0.1) is 0 Å². The molecule has 0 fully saturated rings. The maximum atomic E-state index is 12.1. The molecule has 1 heterocycles. The van der Waals surface area contributed by atoms with Crippen molar-refractivity contribution in [1.29, 1.82) is 0 Å². The zero-order valence-corrected chi connectivity index (χ0v) is 11.8. The van der Waals surface area contributed by atoms with E-state index in [9.17, 15) is 4.79 Å². The summed E-state index contributed by atoms with van der Waals surface area (Å²) in [6.45, 7) is 6.55. The van der Waals surface area contributed by atoms with Gasteiger partial charge in [0.15, 0.2) is 5.82 Å². The predicted molar refractivity (Wildman–Crippen MR) is 74.5 cm³/mol. The van der Waals surface area contributed by atoms with Crippen LogP contribution in [0, 0.1) is 11.3 Å². The van der Waals surface area contributed by atoms with Crippen LogP contribution in [0.5, 0.6) is 0 Å². The van der Waals surface area contributed by atoms with Gasteiger partial charge >= 0.3 is 0 Å². The number of halogens is 1. The number of nitrogens with two attached hydrogens (primary N) is 1. The summed E-state index contributed by atoms with van der Waals surface area (Å²) >= 11 is 5.94. The molecule has 0 bridgehead atoms. The Bertz CT molecular complexity index is 415. The average molecular weight is 270 g/mol. The number of nitrogens with zero attached hydrogens (tertiary/aromatic N) is 1. The number of carbonyl (C=O) groups is 1. The van der Waals surface area contributed by atoms with Crippen LogP contribution in [-0.2, 0) is 4.79 Å². The molecule has 0 saturated carbocycles. The molecule has 0 aliphatic heterocycles. The normalized spacial score (nSPS) is 13.2. The fourth-order valence-corrected chi connectivity index (χ4v) is 1.89. The number of anilines is 1. The molecule has 18 heavy (non-hydrogen) atoms. The Morgan fingerprint density at radius 1 is 1.56 bits per heavy atom. The number of pyridine rings is 1. The van der Waals surface area contributed by atoms with Crippen molar-refractivity contribution in [2.45, 2.75) is 27.2 Å². The third-order valence-electron chi connectivity index (χ3n) is 2.51. The van der Waals surface area contributed by atoms with Gasteiger partial charge in [-0.25, -0.2) is 4.98 Å². The van der Waals surface area contributed by atoms with Gasteiger partial charge in [-0.05, 0) is 24.0 Å². The SMILES string of the molecule is CC(C)(C)CC(CN)C(=O)Nc1ncccc1Cl. The zero-order valence-electron chi connectivity index (χ0n) is 11.0. The minimum absolute atomic E-state index is 0.0509. The van der Waals surface area contributed by atoms with Gasteiger partial charge in [0.25, 0.3) is 0 Å². The van der Waals surface area contributed by atoms with Gasteiger partial charge in [0, 0.05) is 12.7 Å². The summed E-state index contributed by atoms with van der Waals surface area (Å²) in [5, 5.41) is 3.15. The lowest BCUT2D eigenvalue weighted by atomic mass is 9.84. The van der Waals surface area contributed by atoms with Gasteiger partial charge in [0.2, 0.25) is 5.91 Å². The summed E-state index contributed by atoms with van der Waals surface area (Å²) in [5.41, 5.74) is 5.71. The van der Waals surface area contributed by atoms with Crippen LogP contribution in [0.15, 0.2) is 18.3 Å². The quantitative estimate of drug-likeness (QED) is 0.883. The molecule has 0 aliphatic carbocycles. The monoisotopic (exact) mass is 269 g/mol. The molecule has 1 aromatic heterocycles. The van der Waals surface area contributed by atoms with E-state index in [1.54, 1.807) is 18.3 Å². The third kappa shape index (κ3) is 4.63. The van der Waals surface area contributed by atoms with Gasteiger partial charge < -0.3 is 11.1 Å². The van der Waals surface area contributed by atoms with Crippen molar-refractivity contribution in [2.75, 3.05) is 11.9 Å². The molecule has 0 radical (unpaired) electrons. The molecule has 1 aromatic rings. The molecule has 4 nitrogen and oxygen atoms in total. The van der Waals surface area contributed by atoms with Crippen LogP contribution in [-0.4, -0.2) is 17.4 Å². The summed E-state index contributed by atoms with van der Waals surface area (Å²) in [6.07, 6.45) is 2.31. The van der Waals surface area contributed by atoms with Crippen molar-refractivity contribution < 1.29 is 4.79 Å². The van der Waals surface area contributed by atoms with E-state index in [0.29, 0.717) is 17.4 Å². The summed E-state index contributed by atoms with van der Waals surface area (Å²) in [6, 6.07) is 3.40. The molecule has 0 aromatic carbocycles. The van der Waals surface area contributed by atoms with E-state index in [1.807, 2.05) is 0 Å². The van der Waals surface area contributed by atoms with Crippen molar-refractivity contribution in [3.05, 3.63) is 23.4 Å². The smallest absolute Gasteiger partial charge is 0.229 e. The van der Waals surface area contributed by atoms with E-state index in [1.165, 1.54) is 0 Å². The Morgan fingerprint density at radius 2 is 2.22 bits per heavy atom. The molecular weight excluding hydrogens is 250 g/mol. The highest BCUT2D eigenvalue weighted by Crippen LogP contribution is 2.25. The van der Waals surface area contributed by atoms with Crippen LogP contribution < -0.4 is 11.1 Å². The first-order valence-corrected chi connectivity index (χ1v) is 6.33. The van der Waals surface area contributed by atoms with Gasteiger partial charge in [-0.3, -0.25) is 4.79 Å². The second-order valence-electron chi connectivity index (χ2n) is 5.52. The first-order valence-electron chi connectivity index (χ1n) is 5.95. The summed E-state index contributed by atoms with van der Waals surface area (Å²) < 4.78 is 0. The first kappa shape index (κ1) is 14.9.